The van der Waals surface area contributed by atoms with Gasteiger partial charge in [-0.15, -0.1) is 11.3 Å². The van der Waals surface area contributed by atoms with Gasteiger partial charge in [-0.05, 0) is 18.2 Å². The van der Waals surface area contributed by atoms with Crippen LogP contribution in [0, 0.1) is 11.6 Å². The number of carboxylic acid groups (broad SMARTS) is 1. The minimum absolute atomic E-state index is 0.0104. The predicted molar refractivity (Wildman–Crippen MR) is 69.8 cm³/mol. The zero-order valence-corrected chi connectivity index (χ0v) is 10.6. The molecule has 0 aliphatic heterocycles. The van der Waals surface area contributed by atoms with Crippen molar-refractivity contribution >= 4 is 28.3 Å². The average molecular weight is 298 g/mol. The SMILES string of the molecule is NC(=O)Nc1sc(-c2ccc(F)cc2F)cc1C(=O)O. The van der Waals surface area contributed by atoms with Gasteiger partial charge in [-0.3, -0.25) is 5.32 Å². The van der Waals surface area contributed by atoms with Crippen molar-refractivity contribution in [3.05, 3.63) is 41.5 Å². The number of primary amides is 1. The first-order valence-electron chi connectivity index (χ1n) is 5.27. The number of anilines is 1. The Morgan fingerprint density at radius 1 is 1.25 bits per heavy atom. The Labute approximate surface area is 115 Å². The summed E-state index contributed by atoms with van der Waals surface area (Å²) in [7, 11) is 0. The van der Waals surface area contributed by atoms with E-state index < -0.39 is 23.6 Å². The maximum absolute atomic E-state index is 13.6. The number of rotatable bonds is 3. The van der Waals surface area contributed by atoms with Crippen LogP contribution in [-0.2, 0) is 0 Å². The summed E-state index contributed by atoms with van der Waals surface area (Å²) in [4.78, 5) is 22.1. The molecule has 0 fully saturated rings. The number of urea groups is 1. The monoisotopic (exact) mass is 298 g/mol. The van der Waals surface area contributed by atoms with Gasteiger partial charge in [-0.2, -0.15) is 0 Å². The molecule has 0 aliphatic rings. The Morgan fingerprint density at radius 3 is 2.50 bits per heavy atom. The first-order chi connectivity index (χ1) is 9.38. The van der Waals surface area contributed by atoms with Crippen molar-refractivity contribution in [1.82, 2.24) is 0 Å². The first kappa shape index (κ1) is 13.9. The van der Waals surface area contributed by atoms with Crippen molar-refractivity contribution in [3.63, 3.8) is 0 Å². The van der Waals surface area contributed by atoms with E-state index >= 15 is 0 Å². The van der Waals surface area contributed by atoms with Crippen molar-refractivity contribution in [2.75, 3.05) is 5.32 Å². The summed E-state index contributed by atoms with van der Waals surface area (Å²) in [6.45, 7) is 0. The number of carbonyl (C=O) groups is 2. The fraction of sp³-hybridized carbons (Fsp3) is 0. The molecule has 0 aliphatic carbocycles. The second-order valence-corrected chi connectivity index (χ2v) is 4.82. The number of nitrogens with one attached hydrogen (secondary N) is 1. The van der Waals surface area contributed by atoms with Gasteiger partial charge < -0.3 is 10.8 Å². The van der Waals surface area contributed by atoms with Gasteiger partial charge in [0, 0.05) is 16.5 Å². The van der Waals surface area contributed by atoms with E-state index in [2.05, 4.69) is 5.32 Å². The number of nitrogens with two attached hydrogens (primary N) is 1. The number of hydrogen-bond acceptors (Lipinski definition) is 3. The Morgan fingerprint density at radius 2 is 1.95 bits per heavy atom. The molecule has 1 heterocycles. The number of amides is 2. The minimum Gasteiger partial charge on any atom is -0.478 e. The highest BCUT2D eigenvalue weighted by atomic mass is 32.1. The Hall–Kier alpha value is -2.48. The molecule has 0 saturated heterocycles. The van der Waals surface area contributed by atoms with Crippen molar-refractivity contribution in [2.45, 2.75) is 0 Å². The number of thiophene rings is 1. The summed E-state index contributed by atoms with van der Waals surface area (Å²) in [5.41, 5.74) is 4.75. The Bertz CT molecular complexity index is 700. The van der Waals surface area contributed by atoms with Crippen LogP contribution in [0.25, 0.3) is 10.4 Å². The molecular weight excluding hydrogens is 290 g/mol. The van der Waals surface area contributed by atoms with Crippen LogP contribution in [0.4, 0.5) is 18.6 Å². The molecule has 0 saturated carbocycles. The lowest BCUT2D eigenvalue weighted by Crippen LogP contribution is -2.19. The van der Waals surface area contributed by atoms with Crippen LogP contribution in [0.15, 0.2) is 24.3 Å². The van der Waals surface area contributed by atoms with Gasteiger partial charge in [-0.1, -0.05) is 0 Å². The third kappa shape index (κ3) is 2.75. The van der Waals surface area contributed by atoms with E-state index in [-0.39, 0.29) is 21.0 Å². The Balaban J connectivity index is 2.52. The zero-order chi connectivity index (χ0) is 14.9. The van der Waals surface area contributed by atoms with Gasteiger partial charge in [0.15, 0.2) is 0 Å². The Kier molecular flexibility index (Phi) is 3.66. The third-order valence-electron chi connectivity index (χ3n) is 2.40. The van der Waals surface area contributed by atoms with Crippen molar-refractivity contribution in [3.8, 4) is 10.4 Å². The van der Waals surface area contributed by atoms with Crippen molar-refractivity contribution < 1.29 is 23.5 Å². The topological polar surface area (TPSA) is 92.4 Å². The molecule has 4 N–H and O–H groups in total. The lowest BCUT2D eigenvalue weighted by Gasteiger charge is -1.99. The summed E-state index contributed by atoms with van der Waals surface area (Å²) in [6, 6.07) is 3.20. The minimum atomic E-state index is -1.29. The molecule has 20 heavy (non-hydrogen) atoms. The molecule has 0 atom stereocenters. The molecule has 5 nitrogen and oxygen atoms in total. The fourth-order valence-corrected chi connectivity index (χ4v) is 2.66. The molecule has 2 aromatic rings. The maximum atomic E-state index is 13.6. The average Bonchev–Trinajstić information content (AvgIpc) is 2.71. The number of benzene rings is 1. The van der Waals surface area contributed by atoms with Gasteiger partial charge in [0.05, 0.1) is 5.56 Å². The van der Waals surface area contributed by atoms with Crippen LogP contribution in [0.1, 0.15) is 10.4 Å². The first-order valence-corrected chi connectivity index (χ1v) is 6.09. The molecular formula is C12H8F2N2O3S. The summed E-state index contributed by atoms with van der Waals surface area (Å²) < 4.78 is 26.5. The molecule has 1 aromatic carbocycles. The van der Waals surface area contributed by atoms with Gasteiger partial charge in [-0.25, -0.2) is 18.4 Å². The number of carbonyl (C=O) groups excluding carboxylic acids is 1. The summed E-state index contributed by atoms with van der Waals surface area (Å²) in [5.74, 6) is -2.86. The second kappa shape index (κ2) is 5.25. The van der Waals surface area contributed by atoms with Crippen LogP contribution >= 0.6 is 11.3 Å². The molecule has 2 amide bonds. The van der Waals surface area contributed by atoms with E-state index in [1.807, 2.05) is 0 Å². The molecule has 1 aromatic heterocycles. The van der Waals surface area contributed by atoms with E-state index in [0.717, 1.165) is 17.4 Å². The van der Waals surface area contributed by atoms with Crippen LogP contribution in [0.2, 0.25) is 0 Å². The molecule has 0 bridgehead atoms. The lowest BCUT2D eigenvalue weighted by atomic mass is 10.1. The van der Waals surface area contributed by atoms with Crippen LogP contribution in [0.3, 0.4) is 0 Å². The van der Waals surface area contributed by atoms with Crippen LogP contribution in [-0.4, -0.2) is 17.1 Å². The largest absolute Gasteiger partial charge is 0.478 e. The fourth-order valence-electron chi connectivity index (χ4n) is 1.58. The van der Waals surface area contributed by atoms with Gasteiger partial charge in [0.1, 0.15) is 16.6 Å². The number of carboxylic acids is 1. The molecule has 0 radical (unpaired) electrons. The quantitative estimate of drug-likeness (QED) is 0.813. The smallest absolute Gasteiger partial charge is 0.338 e. The predicted octanol–water partition coefficient (Wildman–Crippen LogP) is 2.88. The van der Waals surface area contributed by atoms with Gasteiger partial charge in [0.25, 0.3) is 0 Å². The van der Waals surface area contributed by atoms with Crippen molar-refractivity contribution in [1.29, 1.82) is 0 Å². The van der Waals surface area contributed by atoms with Gasteiger partial charge in [0.2, 0.25) is 0 Å². The maximum Gasteiger partial charge on any atom is 0.338 e. The zero-order valence-electron chi connectivity index (χ0n) is 9.81. The molecule has 0 spiro atoms. The number of aromatic carboxylic acids is 1. The van der Waals surface area contributed by atoms with E-state index in [0.29, 0.717) is 6.07 Å². The molecule has 0 unspecified atom stereocenters. The van der Waals surface area contributed by atoms with Crippen LogP contribution in [0.5, 0.6) is 0 Å². The van der Waals surface area contributed by atoms with E-state index in [1.165, 1.54) is 12.1 Å². The van der Waals surface area contributed by atoms with Gasteiger partial charge >= 0.3 is 12.0 Å². The van der Waals surface area contributed by atoms with E-state index in [4.69, 9.17) is 10.8 Å². The van der Waals surface area contributed by atoms with Crippen molar-refractivity contribution in [2.24, 2.45) is 5.73 Å². The molecule has 104 valence electrons. The lowest BCUT2D eigenvalue weighted by molar-refractivity contribution is 0.0698. The standard InChI is InChI=1S/C12H8F2N2O3S/c13-5-1-2-6(8(14)3-5)9-4-7(11(17)18)10(20-9)16-12(15)19/h1-4H,(H,17,18)(H3,15,16,19). The molecule has 2 rings (SSSR count). The summed E-state index contributed by atoms with van der Waals surface area (Å²) in [5, 5.41) is 11.2. The van der Waals surface area contributed by atoms with E-state index in [1.54, 1.807) is 0 Å². The number of halogens is 2. The second-order valence-electron chi connectivity index (χ2n) is 3.77. The summed E-state index contributed by atoms with van der Waals surface area (Å²) >= 11 is 0.834. The van der Waals surface area contributed by atoms with E-state index in [9.17, 15) is 18.4 Å². The normalized spacial score (nSPS) is 10.3. The highest BCUT2D eigenvalue weighted by Crippen LogP contribution is 2.36. The highest BCUT2D eigenvalue weighted by molar-refractivity contribution is 7.20. The highest BCUT2D eigenvalue weighted by Gasteiger charge is 2.19. The van der Waals surface area contributed by atoms with Crippen LogP contribution < -0.4 is 11.1 Å². The summed E-state index contributed by atoms with van der Waals surface area (Å²) in [6.07, 6.45) is 0. The third-order valence-corrected chi connectivity index (χ3v) is 3.48. The number of hydrogen-bond donors (Lipinski definition) is 3. The molecule has 8 heteroatoms.